The third-order valence-electron chi connectivity index (χ3n) is 3.58. The number of hydrogen-bond acceptors (Lipinski definition) is 4. The van der Waals surface area contributed by atoms with Crippen molar-refractivity contribution in [3.8, 4) is 0 Å². The van der Waals surface area contributed by atoms with E-state index in [-0.39, 0.29) is 5.56 Å². The SMILES string of the molecule is CC(C)(C)OC(=O)Nc1cc(C(=O)O)ccc1N1CCCCC1. The number of carboxylic acids is 1. The highest BCUT2D eigenvalue weighted by Crippen LogP contribution is 2.30. The maximum atomic E-state index is 12.0. The third-order valence-corrected chi connectivity index (χ3v) is 3.58. The summed E-state index contributed by atoms with van der Waals surface area (Å²) in [6.45, 7) is 7.15. The lowest BCUT2D eigenvalue weighted by atomic mass is 10.1. The van der Waals surface area contributed by atoms with Crippen LogP contribution < -0.4 is 10.2 Å². The molecule has 0 bridgehead atoms. The van der Waals surface area contributed by atoms with Crippen LogP contribution in [0.5, 0.6) is 0 Å². The van der Waals surface area contributed by atoms with Crippen molar-refractivity contribution < 1.29 is 19.4 Å². The number of hydrogen-bond donors (Lipinski definition) is 2. The van der Waals surface area contributed by atoms with Crippen LogP contribution in [0.1, 0.15) is 50.4 Å². The Kier molecular flexibility index (Phi) is 5.13. The minimum absolute atomic E-state index is 0.136. The molecule has 1 aromatic carbocycles. The first-order valence-corrected chi connectivity index (χ1v) is 7.88. The zero-order valence-electron chi connectivity index (χ0n) is 13.9. The standard InChI is InChI=1S/C17H24N2O4/c1-17(2,3)23-16(22)18-13-11-12(15(20)21)7-8-14(13)19-9-5-4-6-10-19/h7-8,11H,4-6,9-10H2,1-3H3,(H,18,22)(H,20,21). The molecule has 1 amide bonds. The summed E-state index contributed by atoms with van der Waals surface area (Å²) in [5.41, 5.74) is 0.832. The van der Waals surface area contributed by atoms with E-state index in [0.717, 1.165) is 31.6 Å². The molecule has 1 heterocycles. The molecule has 6 heteroatoms. The minimum Gasteiger partial charge on any atom is -0.478 e. The van der Waals surface area contributed by atoms with Gasteiger partial charge in [0.2, 0.25) is 0 Å². The normalized spacial score (nSPS) is 15.2. The van der Waals surface area contributed by atoms with E-state index in [0.29, 0.717) is 5.69 Å². The monoisotopic (exact) mass is 320 g/mol. The van der Waals surface area contributed by atoms with Crippen LogP contribution in [-0.4, -0.2) is 35.9 Å². The molecular formula is C17H24N2O4. The summed E-state index contributed by atoms with van der Waals surface area (Å²) in [4.78, 5) is 25.4. The van der Waals surface area contributed by atoms with Gasteiger partial charge in [0.25, 0.3) is 0 Å². The van der Waals surface area contributed by atoms with Gasteiger partial charge in [-0.05, 0) is 58.2 Å². The molecular weight excluding hydrogens is 296 g/mol. The average Bonchev–Trinajstić information content (AvgIpc) is 2.46. The number of amides is 1. The van der Waals surface area contributed by atoms with Crippen LogP contribution in [0.3, 0.4) is 0 Å². The number of carbonyl (C=O) groups excluding carboxylic acids is 1. The van der Waals surface area contributed by atoms with Gasteiger partial charge in [0, 0.05) is 13.1 Å². The summed E-state index contributed by atoms with van der Waals surface area (Å²) in [6, 6.07) is 4.80. The van der Waals surface area contributed by atoms with E-state index in [9.17, 15) is 14.7 Å². The molecule has 1 saturated heterocycles. The summed E-state index contributed by atoms with van der Waals surface area (Å²) in [5.74, 6) is -1.03. The van der Waals surface area contributed by atoms with E-state index >= 15 is 0 Å². The van der Waals surface area contributed by atoms with E-state index in [1.807, 2.05) is 0 Å². The first-order chi connectivity index (χ1) is 10.8. The molecule has 0 saturated carbocycles. The quantitative estimate of drug-likeness (QED) is 0.887. The maximum absolute atomic E-state index is 12.0. The minimum atomic E-state index is -1.03. The predicted octanol–water partition coefficient (Wildman–Crippen LogP) is 3.72. The fraction of sp³-hybridized carbons (Fsp3) is 0.529. The molecule has 0 aliphatic carbocycles. The van der Waals surface area contributed by atoms with Crippen molar-refractivity contribution >= 4 is 23.4 Å². The van der Waals surface area contributed by atoms with Crippen LogP contribution in [-0.2, 0) is 4.74 Å². The molecule has 2 N–H and O–H groups in total. The van der Waals surface area contributed by atoms with Gasteiger partial charge in [0.15, 0.2) is 0 Å². The molecule has 23 heavy (non-hydrogen) atoms. The van der Waals surface area contributed by atoms with Crippen LogP contribution in [0.4, 0.5) is 16.2 Å². The summed E-state index contributed by atoms with van der Waals surface area (Å²) in [6.07, 6.45) is 2.79. The van der Waals surface area contributed by atoms with Gasteiger partial charge in [0.1, 0.15) is 5.60 Å². The van der Waals surface area contributed by atoms with Crippen molar-refractivity contribution in [1.82, 2.24) is 0 Å². The van der Waals surface area contributed by atoms with Gasteiger partial charge < -0.3 is 14.7 Å². The fourth-order valence-corrected chi connectivity index (χ4v) is 2.59. The van der Waals surface area contributed by atoms with Gasteiger partial charge >= 0.3 is 12.1 Å². The van der Waals surface area contributed by atoms with E-state index in [2.05, 4.69) is 10.2 Å². The van der Waals surface area contributed by atoms with Crippen molar-refractivity contribution in [2.24, 2.45) is 0 Å². The van der Waals surface area contributed by atoms with Crippen molar-refractivity contribution in [2.45, 2.75) is 45.6 Å². The Labute approximate surface area is 136 Å². The molecule has 0 radical (unpaired) electrons. The van der Waals surface area contributed by atoms with Crippen LogP contribution >= 0.6 is 0 Å². The van der Waals surface area contributed by atoms with Crippen LogP contribution in [0, 0.1) is 0 Å². The molecule has 0 unspecified atom stereocenters. The van der Waals surface area contributed by atoms with Crippen molar-refractivity contribution in [3.63, 3.8) is 0 Å². The van der Waals surface area contributed by atoms with E-state index in [1.165, 1.54) is 12.5 Å². The summed E-state index contributed by atoms with van der Waals surface area (Å²) in [5, 5.41) is 11.9. The number of aromatic carboxylic acids is 1. The summed E-state index contributed by atoms with van der Waals surface area (Å²) in [7, 11) is 0. The number of benzene rings is 1. The number of carboxylic acid groups (broad SMARTS) is 1. The fourth-order valence-electron chi connectivity index (χ4n) is 2.59. The number of anilines is 2. The largest absolute Gasteiger partial charge is 0.478 e. The van der Waals surface area contributed by atoms with Crippen molar-refractivity contribution in [2.75, 3.05) is 23.3 Å². The first kappa shape index (κ1) is 17.1. The van der Waals surface area contributed by atoms with Gasteiger partial charge in [-0.25, -0.2) is 9.59 Å². The zero-order chi connectivity index (χ0) is 17.0. The molecule has 126 valence electrons. The summed E-state index contributed by atoms with van der Waals surface area (Å²) < 4.78 is 5.27. The lowest BCUT2D eigenvalue weighted by Crippen LogP contribution is -2.31. The Morgan fingerprint density at radius 1 is 1.17 bits per heavy atom. The zero-order valence-corrected chi connectivity index (χ0v) is 13.9. The third kappa shape index (κ3) is 4.87. The molecule has 6 nitrogen and oxygen atoms in total. The second-order valence-electron chi connectivity index (χ2n) is 6.71. The Hall–Kier alpha value is -2.24. The van der Waals surface area contributed by atoms with Crippen LogP contribution in [0.25, 0.3) is 0 Å². The van der Waals surface area contributed by atoms with Gasteiger partial charge in [-0.15, -0.1) is 0 Å². The number of rotatable bonds is 3. The van der Waals surface area contributed by atoms with Crippen molar-refractivity contribution in [3.05, 3.63) is 23.8 Å². The van der Waals surface area contributed by atoms with E-state index in [1.54, 1.807) is 32.9 Å². The molecule has 0 aromatic heterocycles. The van der Waals surface area contributed by atoms with Gasteiger partial charge in [-0.1, -0.05) is 0 Å². The Bertz CT molecular complexity index is 587. The lowest BCUT2D eigenvalue weighted by molar-refractivity contribution is 0.0633. The number of piperidine rings is 1. The molecule has 1 aliphatic heterocycles. The summed E-state index contributed by atoms with van der Waals surface area (Å²) >= 11 is 0. The highest BCUT2D eigenvalue weighted by atomic mass is 16.6. The van der Waals surface area contributed by atoms with Crippen LogP contribution in [0.2, 0.25) is 0 Å². The second kappa shape index (κ2) is 6.89. The molecule has 1 aliphatic rings. The number of nitrogens with one attached hydrogen (secondary N) is 1. The molecule has 1 aromatic rings. The molecule has 2 rings (SSSR count). The average molecular weight is 320 g/mol. The van der Waals surface area contributed by atoms with E-state index < -0.39 is 17.7 Å². The van der Waals surface area contributed by atoms with Crippen molar-refractivity contribution in [1.29, 1.82) is 0 Å². The number of nitrogens with zero attached hydrogens (tertiary/aromatic N) is 1. The number of ether oxygens (including phenoxy) is 1. The van der Waals surface area contributed by atoms with Gasteiger partial charge in [-0.3, -0.25) is 5.32 Å². The number of carbonyl (C=O) groups is 2. The maximum Gasteiger partial charge on any atom is 0.412 e. The first-order valence-electron chi connectivity index (χ1n) is 7.88. The topological polar surface area (TPSA) is 78.9 Å². The smallest absolute Gasteiger partial charge is 0.412 e. The Morgan fingerprint density at radius 3 is 2.39 bits per heavy atom. The molecule has 1 fully saturated rings. The Balaban J connectivity index is 2.27. The molecule has 0 spiro atoms. The Morgan fingerprint density at radius 2 is 1.83 bits per heavy atom. The highest BCUT2D eigenvalue weighted by Gasteiger charge is 2.21. The van der Waals surface area contributed by atoms with E-state index in [4.69, 9.17) is 4.74 Å². The second-order valence-corrected chi connectivity index (χ2v) is 6.71. The lowest BCUT2D eigenvalue weighted by Gasteiger charge is -2.31. The highest BCUT2D eigenvalue weighted by molar-refractivity contribution is 5.95. The van der Waals surface area contributed by atoms with Gasteiger partial charge in [0.05, 0.1) is 16.9 Å². The molecule has 0 atom stereocenters. The predicted molar refractivity (Wildman–Crippen MR) is 89.3 cm³/mol. The van der Waals surface area contributed by atoms with Crippen LogP contribution in [0.15, 0.2) is 18.2 Å². The van der Waals surface area contributed by atoms with Gasteiger partial charge in [-0.2, -0.15) is 0 Å².